The Labute approximate surface area is 145 Å². The van der Waals surface area contributed by atoms with Gasteiger partial charge in [0, 0.05) is 11.6 Å². The Morgan fingerprint density at radius 3 is 2.52 bits per heavy atom. The maximum atomic E-state index is 13.9. The molecule has 3 aromatic rings. The number of amides is 1. The quantitative estimate of drug-likeness (QED) is 0.649. The summed E-state index contributed by atoms with van der Waals surface area (Å²) in [4.78, 5) is 18.2. The molecule has 1 aliphatic rings. The predicted octanol–water partition coefficient (Wildman–Crippen LogP) is 3.75. The summed E-state index contributed by atoms with van der Waals surface area (Å²) in [5.74, 6) is -2.32. The Balaban J connectivity index is 1.92. The number of halogens is 4. The number of aromatic nitrogens is 2. The van der Waals surface area contributed by atoms with Crippen molar-refractivity contribution in [2.24, 2.45) is 0 Å². The second-order valence-corrected chi connectivity index (χ2v) is 6.19. The molecule has 3 heterocycles. The highest BCUT2D eigenvalue weighted by molar-refractivity contribution is 6.30. The number of carbonyl (C=O) groups is 1. The van der Waals surface area contributed by atoms with Gasteiger partial charge in [-0.2, -0.15) is 0 Å². The molecule has 0 N–H and O–H groups in total. The van der Waals surface area contributed by atoms with Crippen LogP contribution < -0.4 is 0 Å². The maximum absolute atomic E-state index is 13.9. The van der Waals surface area contributed by atoms with Gasteiger partial charge in [-0.3, -0.25) is 9.36 Å². The van der Waals surface area contributed by atoms with Crippen LogP contribution in [0, 0.1) is 11.6 Å². The Hall–Kier alpha value is -2.54. The molecule has 25 heavy (non-hydrogen) atoms. The average Bonchev–Trinajstić information content (AvgIpc) is 2.95. The van der Waals surface area contributed by atoms with Crippen molar-refractivity contribution in [1.29, 1.82) is 0 Å². The van der Waals surface area contributed by atoms with E-state index in [9.17, 15) is 18.0 Å². The molecule has 2 aromatic heterocycles. The zero-order valence-electron chi connectivity index (χ0n) is 12.7. The van der Waals surface area contributed by atoms with E-state index >= 15 is 0 Å². The van der Waals surface area contributed by atoms with Crippen LogP contribution in [0.25, 0.3) is 16.7 Å². The van der Waals surface area contributed by atoms with Crippen LogP contribution in [0.5, 0.6) is 0 Å². The van der Waals surface area contributed by atoms with Gasteiger partial charge < -0.3 is 4.90 Å². The Kier molecular flexibility index (Phi) is 3.68. The summed E-state index contributed by atoms with van der Waals surface area (Å²) in [6, 6.07) is 7.05. The van der Waals surface area contributed by atoms with Gasteiger partial charge in [0.1, 0.15) is 34.2 Å². The van der Waals surface area contributed by atoms with Gasteiger partial charge in [-0.1, -0.05) is 11.6 Å². The fourth-order valence-electron chi connectivity index (χ4n) is 2.88. The fraction of sp³-hybridized carbons (Fsp3) is 0.176. The molecule has 0 radical (unpaired) electrons. The Bertz CT molecular complexity index is 975. The number of hydrogen-bond donors (Lipinski definition) is 0. The normalized spacial score (nSPS) is 14.8. The van der Waals surface area contributed by atoms with Crippen LogP contribution in [0.4, 0.5) is 13.2 Å². The molecule has 0 bridgehead atoms. The lowest BCUT2D eigenvalue weighted by Crippen LogP contribution is -2.51. The van der Waals surface area contributed by atoms with E-state index in [1.54, 1.807) is 18.2 Å². The van der Waals surface area contributed by atoms with Crippen molar-refractivity contribution >= 4 is 28.5 Å². The standard InChI is InChI=1S/C17H11ClF3N3O/c18-15-12(20)5-11(6-13(15)21)24-14(17(25)23-7-10(19)8-23)4-9-2-1-3-22-16(9)24/h1-6,10H,7-8H2. The number of pyridine rings is 1. The number of carbonyl (C=O) groups excluding carboxylic acids is 1. The number of nitrogens with zero attached hydrogens (tertiary/aromatic N) is 3. The molecule has 1 aliphatic heterocycles. The molecule has 1 saturated heterocycles. The first kappa shape index (κ1) is 16.0. The van der Waals surface area contributed by atoms with E-state index in [1.165, 1.54) is 15.7 Å². The first-order chi connectivity index (χ1) is 12.0. The van der Waals surface area contributed by atoms with Crippen LogP contribution in [-0.2, 0) is 0 Å². The van der Waals surface area contributed by atoms with E-state index in [0.29, 0.717) is 11.0 Å². The van der Waals surface area contributed by atoms with Gasteiger partial charge in [0.2, 0.25) is 0 Å². The first-order valence-electron chi connectivity index (χ1n) is 7.50. The molecular weight excluding hydrogens is 355 g/mol. The van der Waals surface area contributed by atoms with Crippen molar-refractivity contribution in [3.8, 4) is 5.69 Å². The van der Waals surface area contributed by atoms with Crippen molar-refractivity contribution < 1.29 is 18.0 Å². The highest BCUT2D eigenvalue weighted by atomic mass is 35.5. The number of benzene rings is 1. The lowest BCUT2D eigenvalue weighted by molar-refractivity contribution is 0.0393. The summed E-state index contributed by atoms with van der Waals surface area (Å²) in [5, 5.41) is 0.00278. The van der Waals surface area contributed by atoms with E-state index in [0.717, 1.165) is 12.1 Å². The van der Waals surface area contributed by atoms with Gasteiger partial charge in [0.25, 0.3) is 5.91 Å². The molecule has 128 valence electrons. The summed E-state index contributed by atoms with van der Waals surface area (Å²) < 4.78 is 42.3. The molecule has 4 rings (SSSR count). The summed E-state index contributed by atoms with van der Waals surface area (Å²) >= 11 is 5.54. The molecule has 1 amide bonds. The zero-order valence-corrected chi connectivity index (χ0v) is 13.5. The molecule has 0 saturated carbocycles. The van der Waals surface area contributed by atoms with Crippen LogP contribution in [-0.4, -0.2) is 39.6 Å². The maximum Gasteiger partial charge on any atom is 0.271 e. The first-order valence-corrected chi connectivity index (χ1v) is 7.88. The monoisotopic (exact) mass is 365 g/mol. The van der Waals surface area contributed by atoms with Gasteiger partial charge >= 0.3 is 0 Å². The topological polar surface area (TPSA) is 38.1 Å². The van der Waals surface area contributed by atoms with E-state index in [2.05, 4.69) is 4.98 Å². The second-order valence-electron chi connectivity index (χ2n) is 5.81. The molecule has 0 atom stereocenters. The van der Waals surface area contributed by atoms with Gasteiger partial charge in [-0.05, 0) is 30.3 Å². The largest absolute Gasteiger partial charge is 0.331 e. The third-order valence-electron chi connectivity index (χ3n) is 4.13. The Morgan fingerprint density at radius 1 is 1.20 bits per heavy atom. The van der Waals surface area contributed by atoms with Crippen LogP contribution in [0.2, 0.25) is 5.02 Å². The lowest BCUT2D eigenvalue weighted by Gasteiger charge is -2.34. The van der Waals surface area contributed by atoms with Crippen LogP contribution in [0.15, 0.2) is 36.5 Å². The van der Waals surface area contributed by atoms with Gasteiger partial charge in [-0.15, -0.1) is 0 Å². The number of rotatable bonds is 2. The van der Waals surface area contributed by atoms with Crippen molar-refractivity contribution in [3.05, 3.63) is 58.9 Å². The van der Waals surface area contributed by atoms with Crippen LogP contribution in [0.3, 0.4) is 0 Å². The van der Waals surface area contributed by atoms with E-state index < -0.39 is 28.7 Å². The SMILES string of the molecule is O=C(c1cc2cccnc2n1-c1cc(F)c(Cl)c(F)c1)N1CC(F)C1. The lowest BCUT2D eigenvalue weighted by atomic mass is 10.1. The molecule has 0 spiro atoms. The van der Waals surface area contributed by atoms with Gasteiger partial charge in [-0.25, -0.2) is 18.2 Å². The van der Waals surface area contributed by atoms with Gasteiger partial charge in [0.15, 0.2) is 0 Å². The second kappa shape index (κ2) is 5.77. The fourth-order valence-corrected chi connectivity index (χ4v) is 2.99. The molecule has 0 unspecified atom stereocenters. The number of alkyl halides is 1. The third-order valence-corrected chi connectivity index (χ3v) is 4.49. The van der Waals surface area contributed by atoms with E-state index in [-0.39, 0.29) is 24.5 Å². The minimum Gasteiger partial charge on any atom is -0.331 e. The van der Waals surface area contributed by atoms with Crippen molar-refractivity contribution in [2.75, 3.05) is 13.1 Å². The molecular formula is C17H11ClF3N3O. The molecule has 1 aromatic carbocycles. The third kappa shape index (κ3) is 2.55. The molecule has 0 aliphatic carbocycles. The number of likely N-dealkylation sites (tertiary alicyclic amines) is 1. The highest BCUT2D eigenvalue weighted by Crippen LogP contribution is 2.29. The molecule has 8 heteroatoms. The molecule has 1 fully saturated rings. The minimum absolute atomic E-state index is 0.00285. The average molecular weight is 366 g/mol. The van der Waals surface area contributed by atoms with E-state index in [1.807, 2.05) is 0 Å². The van der Waals surface area contributed by atoms with Crippen LogP contribution in [0.1, 0.15) is 10.5 Å². The summed E-state index contributed by atoms with van der Waals surface area (Å²) in [5.41, 5.74) is 0.597. The predicted molar refractivity (Wildman–Crippen MR) is 86.8 cm³/mol. The Morgan fingerprint density at radius 2 is 1.88 bits per heavy atom. The number of fused-ring (bicyclic) bond motifs is 1. The van der Waals surface area contributed by atoms with Crippen molar-refractivity contribution in [1.82, 2.24) is 14.5 Å². The highest BCUT2D eigenvalue weighted by Gasteiger charge is 2.33. The van der Waals surface area contributed by atoms with E-state index in [4.69, 9.17) is 11.6 Å². The number of hydrogen-bond acceptors (Lipinski definition) is 2. The van der Waals surface area contributed by atoms with Gasteiger partial charge in [0.05, 0.1) is 18.8 Å². The summed E-state index contributed by atoms with van der Waals surface area (Å²) in [7, 11) is 0. The smallest absolute Gasteiger partial charge is 0.271 e. The minimum atomic E-state index is -1.05. The van der Waals surface area contributed by atoms with Crippen LogP contribution >= 0.6 is 11.6 Å². The van der Waals surface area contributed by atoms with Crippen molar-refractivity contribution in [2.45, 2.75) is 6.17 Å². The molecule has 4 nitrogen and oxygen atoms in total. The summed E-state index contributed by atoms with van der Waals surface area (Å²) in [6.45, 7) is -0.00570. The van der Waals surface area contributed by atoms with Crippen molar-refractivity contribution in [3.63, 3.8) is 0 Å². The zero-order chi connectivity index (χ0) is 17.7. The summed E-state index contributed by atoms with van der Waals surface area (Å²) in [6.07, 6.45) is 0.460.